The van der Waals surface area contributed by atoms with E-state index in [4.69, 9.17) is 16.3 Å². The number of ether oxygens (including phenoxy) is 1. The van der Waals surface area contributed by atoms with Gasteiger partial charge in [0.1, 0.15) is 11.0 Å². The highest BCUT2D eigenvalue weighted by Gasteiger charge is 2.13. The van der Waals surface area contributed by atoms with Crippen LogP contribution in [0.4, 0.5) is 0 Å². The van der Waals surface area contributed by atoms with Gasteiger partial charge in [0.2, 0.25) is 0 Å². The van der Waals surface area contributed by atoms with Crippen LogP contribution >= 0.6 is 11.6 Å². The van der Waals surface area contributed by atoms with Crippen LogP contribution < -0.4 is 10.9 Å². The van der Waals surface area contributed by atoms with Crippen LogP contribution in [0.2, 0.25) is 0 Å². The summed E-state index contributed by atoms with van der Waals surface area (Å²) in [7, 11) is 3.47. The predicted octanol–water partition coefficient (Wildman–Crippen LogP) is 0.151. The van der Waals surface area contributed by atoms with Gasteiger partial charge in [0.25, 0.3) is 0 Å². The van der Waals surface area contributed by atoms with E-state index in [0.29, 0.717) is 5.17 Å². The molecule has 0 aromatic heterocycles. The highest BCUT2D eigenvalue weighted by atomic mass is 35.5. The number of halogens is 1. The highest BCUT2D eigenvalue weighted by molar-refractivity contribution is 6.68. The summed E-state index contributed by atoms with van der Waals surface area (Å²) in [5.41, 5.74) is 5.91. The number of hydrazine groups is 1. The Morgan fingerprint density at radius 2 is 2.13 bits per heavy atom. The number of hydrogen-bond donors (Lipinski definition) is 2. The largest absolute Gasteiger partial charge is 0.378 e. The Bertz CT molecular complexity index is 248. The van der Waals surface area contributed by atoms with Gasteiger partial charge in [-0.15, -0.1) is 0 Å². The Kier molecular flexibility index (Phi) is 5.45. The number of morpholine rings is 1. The van der Waals surface area contributed by atoms with Gasteiger partial charge in [0.15, 0.2) is 0 Å². The zero-order chi connectivity index (χ0) is 11.1. The van der Waals surface area contributed by atoms with Crippen LogP contribution in [0.15, 0.2) is 16.9 Å². The first-order chi connectivity index (χ1) is 7.27. The van der Waals surface area contributed by atoms with E-state index in [0.717, 1.165) is 32.1 Å². The third-order valence-electron chi connectivity index (χ3n) is 2.07. The molecule has 1 rings (SSSR count). The van der Waals surface area contributed by atoms with Gasteiger partial charge in [-0.1, -0.05) is 11.6 Å². The van der Waals surface area contributed by atoms with Gasteiger partial charge < -0.3 is 15.1 Å². The van der Waals surface area contributed by atoms with Crippen molar-refractivity contribution in [2.24, 2.45) is 4.99 Å². The van der Waals surface area contributed by atoms with Crippen molar-refractivity contribution in [2.75, 3.05) is 40.4 Å². The third kappa shape index (κ3) is 4.07. The number of hydrogen-bond acceptors (Lipinski definition) is 5. The summed E-state index contributed by atoms with van der Waals surface area (Å²) in [6.07, 6.45) is 1.80. The van der Waals surface area contributed by atoms with Crippen LogP contribution in [0, 0.1) is 0 Å². The molecule has 0 spiro atoms. The van der Waals surface area contributed by atoms with E-state index in [1.807, 2.05) is 7.05 Å². The fourth-order valence-corrected chi connectivity index (χ4v) is 1.42. The number of rotatable bonds is 4. The lowest BCUT2D eigenvalue weighted by Gasteiger charge is -2.31. The van der Waals surface area contributed by atoms with Crippen molar-refractivity contribution in [1.82, 2.24) is 15.8 Å². The van der Waals surface area contributed by atoms with Gasteiger partial charge in [-0.2, -0.15) is 0 Å². The van der Waals surface area contributed by atoms with E-state index >= 15 is 0 Å². The van der Waals surface area contributed by atoms with Crippen LogP contribution in [-0.4, -0.2) is 50.5 Å². The SMILES string of the molecule is CN=C(Cl)/C=C(\NNC)N1CCOCC1. The van der Waals surface area contributed by atoms with Crippen LogP contribution in [0.1, 0.15) is 0 Å². The van der Waals surface area contributed by atoms with Gasteiger partial charge >= 0.3 is 0 Å². The fraction of sp³-hybridized carbons (Fsp3) is 0.667. The second-order valence-electron chi connectivity index (χ2n) is 3.05. The van der Waals surface area contributed by atoms with Crippen molar-refractivity contribution in [3.05, 3.63) is 11.9 Å². The van der Waals surface area contributed by atoms with Crippen LogP contribution in [-0.2, 0) is 4.74 Å². The summed E-state index contributed by atoms with van der Waals surface area (Å²) in [5.74, 6) is 0.913. The normalized spacial score (nSPS) is 19.3. The summed E-state index contributed by atoms with van der Waals surface area (Å²) < 4.78 is 5.28. The molecule has 0 unspecified atom stereocenters. The highest BCUT2D eigenvalue weighted by Crippen LogP contribution is 2.05. The van der Waals surface area contributed by atoms with Crippen LogP contribution in [0.3, 0.4) is 0 Å². The molecule has 1 saturated heterocycles. The molecule has 2 N–H and O–H groups in total. The van der Waals surface area contributed by atoms with Crippen LogP contribution in [0.5, 0.6) is 0 Å². The maximum Gasteiger partial charge on any atom is 0.126 e. The molecule has 0 saturated carbocycles. The molecule has 0 bridgehead atoms. The van der Waals surface area contributed by atoms with Crippen molar-refractivity contribution in [2.45, 2.75) is 0 Å². The lowest BCUT2D eigenvalue weighted by molar-refractivity contribution is 0.0496. The fourth-order valence-electron chi connectivity index (χ4n) is 1.32. The molecule has 0 aliphatic carbocycles. The molecular weight excluding hydrogens is 216 g/mol. The number of allylic oxidation sites excluding steroid dienone is 1. The van der Waals surface area contributed by atoms with Crippen molar-refractivity contribution >= 4 is 16.8 Å². The molecule has 0 aromatic rings. The second-order valence-corrected chi connectivity index (χ2v) is 3.44. The molecule has 0 radical (unpaired) electrons. The Labute approximate surface area is 95.1 Å². The van der Waals surface area contributed by atoms with E-state index < -0.39 is 0 Å². The standard InChI is InChI=1S/C9H17ClN4O/c1-11-8(10)7-9(13-12-2)14-3-5-15-6-4-14/h7,12-13H,3-6H2,1-2H3/b9-7+,11-8?. The van der Waals surface area contributed by atoms with E-state index in [-0.39, 0.29) is 0 Å². The first kappa shape index (κ1) is 12.3. The Balaban J connectivity index is 2.66. The zero-order valence-corrected chi connectivity index (χ0v) is 9.84. The first-order valence-corrected chi connectivity index (χ1v) is 5.25. The number of nitrogens with one attached hydrogen (secondary N) is 2. The van der Waals surface area contributed by atoms with Gasteiger partial charge in [-0.3, -0.25) is 4.99 Å². The first-order valence-electron chi connectivity index (χ1n) is 4.87. The average molecular weight is 233 g/mol. The molecule has 1 fully saturated rings. The molecule has 0 amide bonds. The molecule has 15 heavy (non-hydrogen) atoms. The van der Waals surface area contributed by atoms with E-state index in [1.165, 1.54) is 0 Å². The van der Waals surface area contributed by atoms with Crippen molar-refractivity contribution < 1.29 is 4.74 Å². The summed E-state index contributed by atoms with van der Waals surface area (Å²) >= 11 is 5.86. The third-order valence-corrected chi connectivity index (χ3v) is 2.35. The summed E-state index contributed by atoms with van der Waals surface area (Å²) in [4.78, 5) is 6.05. The quantitative estimate of drug-likeness (QED) is 0.535. The molecule has 86 valence electrons. The minimum absolute atomic E-state index is 0.472. The molecule has 1 aliphatic rings. The van der Waals surface area contributed by atoms with Crippen molar-refractivity contribution in [3.8, 4) is 0 Å². The lowest BCUT2D eigenvalue weighted by atomic mass is 10.4. The average Bonchev–Trinajstić information content (AvgIpc) is 2.29. The van der Waals surface area contributed by atoms with Crippen molar-refractivity contribution in [3.63, 3.8) is 0 Å². The molecule has 1 aliphatic heterocycles. The molecule has 5 nitrogen and oxygen atoms in total. The molecule has 1 heterocycles. The van der Waals surface area contributed by atoms with E-state index in [9.17, 15) is 0 Å². The van der Waals surface area contributed by atoms with Crippen LogP contribution in [0.25, 0.3) is 0 Å². The Morgan fingerprint density at radius 3 is 2.67 bits per heavy atom. The van der Waals surface area contributed by atoms with Crippen molar-refractivity contribution in [1.29, 1.82) is 0 Å². The molecule has 0 atom stereocenters. The summed E-state index contributed by atoms with van der Waals surface area (Å²) in [6.45, 7) is 3.19. The smallest absolute Gasteiger partial charge is 0.126 e. The number of aliphatic imine (C=N–C) groups is 1. The molecule has 0 aromatic carbocycles. The topological polar surface area (TPSA) is 48.9 Å². The van der Waals surface area contributed by atoms with Gasteiger partial charge in [-0.05, 0) is 0 Å². The molecular formula is C9H17ClN4O. The monoisotopic (exact) mass is 232 g/mol. The van der Waals surface area contributed by atoms with E-state index in [1.54, 1.807) is 13.1 Å². The molecule has 6 heteroatoms. The number of nitrogens with zero attached hydrogens (tertiary/aromatic N) is 2. The Morgan fingerprint density at radius 1 is 1.47 bits per heavy atom. The second kappa shape index (κ2) is 6.66. The van der Waals surface area contributed by atoms with E-state index in [2.05, 4.69) is 20.7 Å². The van der Waals surface area contributed by atoms with Gasteiger partial charge in [-0.25, -0.2) is 5.43 Å². The lowest BCUT2D eigenvalue weighted by Crippen LogP contribution is -2.43. The van der Waals surface area contributed by atoms with Gasteiger partial charge in [0, 0.05) is 33.3 Å². The summed E-state index contributed by atoms with van der Waals surface area (Å²) in [6, 6.07) is 0. The van der Waals surface area contributed by atoms with Gasteiger partial charge in [0.05, 0.1) is 13.2 Å². The minimum Gasteiger partial charge on any atom is -0.378 e. The summed E-state index contributed by atoms with van der Waals surface area (Å²) in [5, 5.41) is 0.472. The minimum atomic E-state index is 0.472. The zero-order valence-electron chi connectivity index (χ0n) is 9.09. The predicted molar refractivity (Wildman–Crippen MR) is 61.9 cm³/mol. The maximum absolute atomic E-state index is 5.86. The Hall–Kier alpha value is -0.780. The maximum atomic E-state index is 5.86.